The van der Waals surface area contributed by atoms with Gasteiger partial charge >= 0.3 is 0 Å². The van der Waals surface area contributed by atoms with Crippen molar-refractivity contribution in [2.75, 3.05) is 13.1 Å². The molecule has 1 atom stereocenters. The van der Waals surface area contributed by atoms with Gasteiger partial charge in [-0.3, -0.25) is 0 Å². The molecule has 2 aliphatic rings. The van der Waals surface area contributed by atoms with Gasteiger partial charge in [0.25, 0.3) is 0 Å². The van der Waals surface area contributed by atoms with Gasteiger partial charge in [0.1, 0.15) is 0 Å². The normalized spacial score (nSPS) is 30.8. The minimum Gasteiger partial charge on any atom is -0.300 e. The highest BCUT2D eigenvalue weighted by Crippen LogP contribution is 2.54. The summed E-state index contributed by atoms with van der Waals surface area (Å²) in [5.74, 6) is 0. The maximum absolute atomic E-state index is 2.73. The van der Waals surface area contributed by atoms with E-state index in [1.165, 1.54) is 45.2 Å². The highest BCUT2D eigenvalue weighted by Gasteiger charge is 2.46. The molecule has 1 aliphatic heterocycles. The van der Waals surface area contributed by atoms with Gasteiger partial charge in [-0.05, 0) is 56.4 Å². The first kappa shape index (κ1) is 11.4. The average Bonchev–Trinajstić information content (AvgIpc) is 2.68. The summed E-state index contributed by atoms with van der Waals surface area (Å²) in [5, 5.41) is 0. The molecule has 1 unspecified atom stereocenters. The van der Waals surface area contributed by atoms with Crippen LogP contribution in [0.25, 0.3) is 0 Å². The number of hydrogen-bond donors (Lipinski definition) is 0. The molecule has 0 aromatic carbocycles. The second kappa shape index (κ2) is 3.76. The Morgan fingerprint density at radius 3 is 2.33 bits per heavy atom. The lowest BCUT2D eigenvalue weighted by atomic mass is 9.82. The topological polar surface area (TPSA) is 3.24 Å². The number of nitrogens with zero attached hydrogens (tertiary/aromatic N) is 1. The van der Waals surface area contributed by atoms with Crippen molar-refractivity contribution in [3.8, 4) is 0 Å². The van der Waals surface area contributed by atoms with Crippen LogP contribution in [0.5, 0.6) is 0 Å². The van der Waals surface area contributed by atoms with Crippen LogP contribution in [0.1, 0.15) is 59.8 Å². The fourth-order valence-corrected chi connectivity index (χ4v) is 3.35. The second-order valence-corrected chi connectivity index (χ2v) is 7.20. The van der Waals surface area contributed by atoms with E-state index < -0.39 is 0 Å². The molecule has 1 heterocycles. The zero-order valence-corrected chi connectivity index (χ0v) is 11.0. The Balaban J connectivity index is 1.88. The van der Waals surface area contributed by atoms with Gasteiger partial charge in [0.2, 0.25) is 0 Å². The van der Waals surface area contributed by atoms with Gasteiger partial charge in [0.05, 0.1) is 0 Å². The molecule has 1 nitrogen and oxygen atoms in total. The van der Waals surface area contributed by atoms with Crippen LogP contribution < -0.4 is 0 Å². The third-order valence-electron chi connectivity index (χ3n) is 4.09. The van der Waals surface area contributed by atoms with E-state index in [9.17, 15) is 0 Å². The highest BCUT2D eigenvalue weighted by atomic mass is 15.2. The van der Waals surface area contributed by atoms with Crippen molar-refractivity contribution >= 4 is 0 Å². The van der Waals surface area contributed by atoms with Crippen molar-refractivity contribution < 1.29 is 0 Å². The lowest BCUT2D eigenvalue weighted by Crippen LogP contribution is -2.34. The van der Waals surface area contributed by atoms with Gasteiger partial charge < -0.3 is 4.90 Å². The molecule has 0 N–H and O–H groups in total. The summed E-state index contributed by atoms with van der Waals surface area (Å²) < 4.78 is 0. The predicted octanol–water partition coefficient (Wildman–Crippen LogP) is 3.69. The van der Waals surface area contributed by atoms with Gasteiger partial charge in [-0.2, -0.15) is 0 Å². The summed E-state index contributed by atoms with van der Waals surface area (Å²) >= 11 is 0. The van der Waals surface area contributed by atoms with Crippen molar-refractivity contribution in [1.82, 2.24) is 4.90 Å². The molecule has 1 saturated carbocycles. The maximum atomic E-state index is 2.73. The summed E-state index contributed by atoms with van der Waals surface area (Å²) in [7, 11) is 0. The Morgan fingerprint density at radius 1 is 1.27 bits per heavy atom. The minimum absolute atomic E-state index is 0.513. The van der Waals surface area contributed by atoms with Crippen molar-refractivity contribution in [3.05, 3.63) is 0 Å². The monoisotopic (exact) mass is 209 g/mol. The van der Waals surface area contributed by atoms with Crippen LogP contribution in [0.2, 0.25) is 0 Å². The van der Waals surface area contributed by atoms with Crippen LogP contribution in [0.15, 0.2) is 0 Å². The largest absolute Gasteiger partial charge is 0.300 e. The molecule has 1 heteroatoms. The standard InChI is InChI=1S/C14H27N/c1-12-6-5-9-15(12)11-14(7-8-14)10-13(2,3)4/h12H,5-11H2,1-4H3. The van der Waals surface area contributed by atoms with E-state index in [4.69, 9.17) is 0 Å². The molecule has 0 amide bonds. The summed E-state index contributed by atoms with van der Waals surface area (Å²) in [6, 6.07) is 0.849. The maximum Gasteiger partial charge on any atom is 0.00676 e. The Kier molecular flexibility index (Phi) is 2.87. The summed E-state index contributed by atoms with van der Waals surface area (Å²) in [6.07, 6.45) is 7.22. The summed E-state index contributed by atoms with van der Waals surface area (Å²) in [4.78, 5) is 2.73. The molecule has 0 spiro atoms. The lowest BCUT2D eigenvalue weighted by Gasteiger charge is -2.31. The molecule has 88 valence electrons. The fraction of sp³-hybridized carbons (Fsp3) is 1.00. The van der Waals surface area contributed by atoms with Crippen LogP contribution in [0.4, 0.5) is 0 Å². The molecule has 2 rings (SSSR count). The Morgan fingerprint density at radius 2 is 1.93 bits per heavy atom. The molecular weight excluding hydrogens is 182 g/mol. The quantitative estimate of drug-likeness (QED) is 0.685. The summed E-state index contributed by atoms with van der Waals surface area (Å²) in [6.45, 7) is 12.3. The Bertz CT molecular complexity index is 222. The van der Waals surface area contributed by atoms with Crippen LogP contribution in [0.3, 0.4) is 0 Å². The molecule has 0 aromatic heterocycles. The zero-order chi connectivity index (χ0) is 11.1. The molecule has 15 heavy (non-hydrogen) atoms. The lowest BCUT2D eigenvalue weighted by molar-refractivity contribution is 0.172. The van der Waals surface area contributed by atoms with Crippen LogP contribution in [0, 0.1) is 10.8 Å². The zero-order valence-electron chi connectivity index (χ0n) is 11.0. The third kappa shape index (κ3) is 2.96. The van der Waals surface area contributed by atoms with Crippen molar-refractivity contribution in [1.29, 1.82) is 0 Å². The van der Waals surface area contributed by atoms with Crippen molar-refractivity contribution in [3.63, 3.8) is 0 Å². The van der Waals surface area contributed by atoms with Crippen LogP contribution in [-0.4, -0.2) is 24.0 Å². The fourth-order valence-electron chi connectivity index (χ4n) is 3.35. The van der Waals surface area contributed by atoms with Gasteiger partial charge in [-0.25, -0.2) is 0 Å². The molecule has 0 aromatic rings. The number of hydrogen-bond acceptors (Lipinski definition) is 1. The molecule has 2 fully saturated rings. The SMILES string of the molecule is CC1CCCN1CC1(CC(C)(C)C)CC1. The van der Waals surface area contributed by atoms with E-state index in [1.54, 1.807) is 0 Å². The van der Waals surface area contributed by atoms with Gasteiger partial charge in [0.15, 0.2) is 0 Å². The van der Waals surface area contributed by atoms with Crippen LogP contribution >= 0.6 is 0 Å². The van der Waals surface area contributed by atoms with E-state index in [1.807, 2.05) is 0 Å². The number of likely N-dealkylation sites (tertiary alicyclic amines) is 1. The van der Waals surface area contributed by atoms with Crippen molar-refractivity contribution in [2.24, 2.45) is 10.8 Å². The van der Waals surface area contributed by atoms with Crippen molar-refractivity contribution in [2.45, 2.75) is 65.8 Å². The minimum atomic E-state index is 0.513. The van der Waals surface area contributed by atoms with Gasteiger partial charge in [-0.15, -0.1) is 0 Å². The predicted molar refractivity (Wildman–Crippen MR) is 66.0 cm³/mol. The van der Waals surface area contributed by atoms with E-state index in [-0.39, 0.29) is 0 Å². The average molecular weight is 209 g/mol. The van der Waals surface area contributed by atoms with Gasteiger partial charge in [0, 0.05) is 12.6 Å². The Hall–Kier alpha value is -0.0400. The molecule has 0 bridgehead atoms. The highest BCUT2D eigenvalue weighted by molar-refractivity contribution is 4.99. The third-order valence-corrected chi connectivity index (χ3v) is 4.09. The molecule has 1 saturated heterocycles. The number of rotatable bonds is 3. The first-order chi connectivity index (χ1) is 6.90. The Labute approximate surface area is 95.2 Å². The van der Waals surface area contributed by atoms with Gasteiger partial charge in [-0.1, -0.05) is 20.8 Å². The smallest absolute Gasteiger partial charge is 0.00676 e. The second-order valence-electron chi connectivity index (χ2n) is 7.20. The van der Waals surface area contributed by atoms with E-state index >= 15 is 0 Å². The molecule has 1 aliphatic carbocycles. The van der Waals surface area contributed by atoms with Crippen LogP contribution in [-0.2, 0) is 0 Å². The first-order valence-corrected chi connectivity index (χ1v) is 6.64. The molecule has 0 radical (unpaired) electrons. The van der Waals surface area contributed by atoms with E-state index in [2.05, 4.69) is 32.6 Å². The summed E-state index contributed by atoms with van der Waals surface area (Å²) in [5.41, 5.74) is 1.22. The van der Waals surface area contributed by atoms with E-state index in [0.717, 1.165) is 6.04 Å². The first-order valence-electron chi connectivity index (χ1n) is 6.64. The molecular formula is C14H27N. The van der Waals surface area contributed by atoms with E-state index in [0.29, 0.717) is 10.8 Å².